The van der Waals surface area contributed by atoms with Crippen LogP contribution in [0, 0.1) is 0 Å². The summed E-state index contributed by atoms with van der Waals surface area (Å²) in [6.07, 6.45) is 1.43. The van der Waals surface area contributed by atoms with Gasteiger partial charge in [-0.25, -0.2) is 4.98 Å². The average Bonchev–Trinajstić information content (AvgIpc) is 3.82. The minimum Gasteiger partial charge on any atom is -0.388 e. The zero-order valence-corrected chi connectivity index (χ0v) is 26.8. The summed E-state index contributed by atoms with van der Waals surface area (Å²) in [6.45, 7) is 1.93. The third-order valence-corrected chi connectivity index (χ3v) is 9.63. The second-order valence-corrected chi connectivity index (χ2v) is 12.9. The predicted octanol–water partition coefficient (Wildman–Crippen LogP) is 3.39. The van der Waals surface area contributed by atoms with E-state index in [9.17, 15) is 15.0 Å². The zero-order valence-electron chi connectivity index (χ0n) is 26.8. The molecule has 1 unspecified atom stereocenters. The lowest BCUT2D eigenvalue weighted by atomic mass is 9.91. The molecule has 1 amide bonds. The van der Waals surface area contributed by atoms with Gasteiger partial charge in [-0.3, -0.25) is 4.79 Å². The highest BCUT2D eigenvalue weighted by Crippen LogP contribution is 2.35. The number of nitrogens with two attached hydrogens (primary N) is 1. The minimum atomic E-state index is -1.14. The van der Waals surface area contributed by atoms with Crippen molar-refractivity contribution in [2.75, 3.05) is 29.9 Å². The number of nitrogens with one attached hydrogen (secondary N) is 2. The molecule has 2 aliphatic rings. The Labute approximate surface area is 279 Å². The van der Waals surface area contributed by atoms with Crippen LogP contribution in [-0.2, 0) is 11.2 Å². The molecule has 2 fully saturated rings. The Hall–Kier alpha value is -4.84. The summed E-state index contributed by atoms with van der Waals surface area (Å²) in [4.78, 5) is 29.6. The molecule has 5 aromatic rings. The molecule has 2 aromatic heterocycles. The normalized spacial score (nSPS) is 22.4. The Morgan fingerprint density at radius 2 is 1.58 bits per heavy atom. The molecule has 11 nitrogen and oxygen atoms in total. The van der Waals surface area contributed by atoms with Crippen LogP contribution in [0.15, 0.2) is 97.3 Å². The molecule has 248 valence electrons. The highest BCUT2D eigenvalue weighted by molar-refractivity contribution is 5.84. The first-order valence-corrected chi connectivity index (χ1v) is 16.7. The molecule has 1 saturated carbocycles. The van der Waals surface area contributed by atoms with E-state index in [4.69, 9.17) is 20.7 Å². The van der Waals surface area contributed by atoms with Crippen molar-refractivity contribution in [2.24, 2.45) is 5.73 Å². The first kappa shape index (κ1) is 31.7. The van der Waals surface area contributed by atoms with Crippen LogP contribution < -0.4 is 21.3 Å². The molecule has 0 bridgehead atoms. The molecule has 1 saturated heterocycles. The van der Waals surface area contributed by atoms with Gasteiger partial charge in [-0.15, -0.1) is 0 Å². The number of anilines is 2. The van der Waals surface area contributed by atoms with Gasteiger partial charge in [-0.2, -0.15) is 9.97 Å². The van der Waals surface area contributed by atoms with Crippen molar-refractivity contribution in [1.29, 1.82) is 0 Å². The van der Waals surface area contributed by atoms with Crippen molar-refractivity contribution in [3.05, 3.63) is 114 Å². The zero-order chi connectivity index (χ0) is 33.0. The Bertz CT molecular complexity index is 1780. The van der Waals surface area contributed by atoms with Gasteiger partial charge >= 0.3 is 0 Å². The fourth-order valence-electron chi connectivity index (χ4n) is 6.99. The van der Waals surface area contributed by atoms with E-state index in [2.05, 4.69) is 39.8 Å². The predicted molar refractivity (Wildman–Crippen MR) is 186 cm³/mol. The number of aliphatic hydroxyl groups excluding tert-OH is 2. The number of aliphatic hydroxyl groups is 2. The van der Waals surface area contributed by atoms with Gasteiger partial charge in [0.1, 0.15) is 12.2 Å². The molecule has 7 rings (SSSR count). The lowest BCUT2D eigenvalue weighted by Crippen LogP contribution is -2.43. The number of nitrogens with zero attached hydrogens (tertiary/aromatic N) is 5. The highest BCUT2D eigenvalue weighted by Gasteiger charge is 2.44. The van der Waals surface area contributed by atoms with Gasteiger partial charge in [0.15, 0.2) is 17.0 Å². The number of hydrogen-bond donors (Lipinski definition) is 5. The van der Waals surface area contributed by atoms with Gasteiger partial charge in [-0.05, 0) is 36.0 Å². The van der Waals surface area contributed by atoms with Gasteiger partial charge in [0, 0.05) is 38.0 Å². The molecule has 0 spiro atoms. The van der Waals surface area contributed by atoms with Gasteiger partial charge in [0.05, 0.1) is 18.4 Å². The van der Waals surface area contributed by atoms with Crippen LogP contribution in [0.25, 0.3) is 11.2 Å². The van der Waals surface area contributed by atoms with E-state index < -0.39 is 24.3 Å². The van der Waals surface area contributed by atoms with Gasteiger partial charge in [0.25, 0.3) is 0 Å². The molecule has 1 aliphatic carbocycles. The van der Waals surface area contributed by atoms with Gasteiger partial charge < -0.3 is 36.0 Å². The van der Waals surface area contributed by atoms with Crippen LogP contribution in [0.2, 0.25) is 0 Å². The molecule has 5 atom stereocenters. The summed E-state index contributed by atoms with van der Waals surface area (Å²) in [7, 11) is 0. The average molecular weight is 647 g/mol. The maximum atomic E-state index is 12.9. The van der Waals surface area contributed by atoms with Crippen LogP contribution in [-0.4, -0.2) is 79.6 Å². The highest BCUT2D eigenvalue weighted by atomic mass is 16.3. The SMILES string of the molecule is NC1CCN(c2nc(NCC(c3ccccc3)c3ccccc3)c3ncn([C@@H]4C[C@H](NC(=O)CCc5ccccc5)[C@@H](O)[C@H]4O)c3n2)C1. The topological polar surface area (TPSA) is 154 Å². The van der Waals surface area contributed by atoms with Crippen molar-refractivity contribution < 1.29 is 15.0 Å². The fourth-order valence-corrected chi connectivity index (χ4v) is 6.99. The molecule has 11 heteroatoms. The first-order chi connectivity index (χ1) is 23.4. The van der Waals surface area contributed by atoms with E-state index >= 15 is 0 Å². The Morgan fingerprint density at radius 1 is 0.917 bits per heavy atom. The Balaban J connectivity index is 1.16. The maximum Gasteiger partial charge on any atom is 0.229 e. The van der Waals surface area contributed by atoms with Gasteiger partial charge in [0.2, 0.25) is 11.9 Å². The summed E-state index contributed by atoms with van der Waals surface area (Å²) in [5.41, 5.74) is 10.8. The quantitative estimate of drug-likeness (QED) is 0.145. The molecular weight excluding hydrogens is 604 g/mol. The number of aryl methyl sites for hydroxylation is 1. The lowest BCUT2D eigenvalue weighted by molar-refractivity contribution is -0.122. The van der Waals surface area contributed by atoms with Crippen LogP contribution in [0.1, 0.15) is 47.9 Å². The summed E-state index contributed by atoms with van der Waals surface area (Å²) in [5, 5.41) is 28.8. The third kappa shape index (κ3) is 6.75. The molecule has 0 radical (unpaired) electrons. The molecule has 48 heavy (non-hydrogen) atoms. The summed E-state index contributed by atoms with van der Waals surface area (Å²) >= 11 is 0. The largest absolute Gasteiger partial charge is 0.388 e. The smallest absolute Gasteiger partial charge is 0.229 e. The molecule has 1 aliphatic heterocycles. The first-order valence-electron chi connectivity index (χ1n) is 16.7. The fraction of sp³-hybridized carbons (Fsp3) is 0.351. The van der Waals surface area contributed by atoms with Gasteiger partial charge in [-0.1, -0.05) is 91.0 Å². The molecule has 3 heterocycles. The third-order valence-electron chi connectivity index (χ3n) is 9.63. The number of rotatable bonds is 11. The number of carbonyl (C=O) groups is 1. The number of fused-ring (bicyclic) bond motifs is 1. The van der Waals surface area contributed by atoms with Crippen molar-refractivity contribution in [2.45, 2.75) is 61.9 Å². The number of amides is 1. The number of carbonyl (C=O) groups excluding carboxylic acids is 1. The van der Waals surface area contributed by atoms with E-state index in [-0.39, 0.29) is 17.9 Å². The van der Waals surface area contributed by atoms with Crippen LogP contribution in [0.3, 0.4) is 0 Å². The molecule has 3 aromatic carbocycles. The molecule has 6 N–H and O–H groups in total. The molecular formula is C37H42N8O3. The van der Waals surface area contributed by atoms with Crippen molar-refractivity contribution >= 4 is 28.8 Å². The summed E-state index contributed by atoms with van der Waals surface area (Å²) < 4.78 is 1.82. The van der Waals surface area contributed by atoms with E-state index in [1.165, 1.54) is 11.1 Å². The Kier molecular flexibility index (Phi) is 9.33. The van der Waals surface area contributed by atoms with E-state index in [1.54, 1.807) is 6.33 Å². The van der Waals surface area contributed by atoms with Crippen LogP contribution >= 0.6 is 0 Å². The summed E-state index contributed by atoms with van der Waals surface area (Å²) in [6, 6.07) is 29.4. The number of aromatic nitrogens is 4. The van der Waals surface area contributed by atoms with Crippen molar-refractivity contribution in [1.82, 2.24) is 24.8 Å². The number of benzene rings is 3. The number of imidazole rings is 1. The second-order valence-electron chi connectivity index (χ2n) is 12.9. The van der Waals surface area contributed by atoms with Crippen LogP contribution in [0.5, 0.6) is 0 Å². The maximum absolute atomic E-state index is 12.9. The van der Waals surface area contributed by atoms with Crippen molar-refractivity contribution in [3.63, 3.8) is 0 Å². The minimum absolute atomic E-state index is 0.0317. The lowest BCUT2D eigenvalue weighted by Gasteiger charge is -2.22. The number of hydrogen-bond acceptors (Lipinski definition) is 9. The van der Waals surface area contributed by atoms with Crippen LogP contribution in [0.4, 0.5) is 11.8 Å². The monoisotopic (exact) mass is 646 g/mol. The summed E-state index contributed by atoms with van der Waals surface area (Å²) in [5.74, 6) is 1.01. The van der Waals surface area contributed by atoms with Crippen molar-refractivity contribution in [3.8, 4) is 0 Å². The Morgan fingerprint density at radius 3 is 2.23 bits per heavy atom. The second kappa shape index (κ2) is 14.1. The van der Waals surface area contributed by atoms with E-state index in [0.717, 1.165) is 18.5 Å². The van der Waals surface area contributed by atoms with E-state index in [0.29, 0.717) is 55.3 Å². The standard InChI is InChI=1S/C37H42N8O3/c38-27-18-19-44(22-27)37-42-35(39-21-28(25-12-6-2-7-13-25)26-14-8-3-9-15-26)32-36(43-37)45(23-40-32)30-20-29(33(47)34(30)48)41-31(46)17-16-24-10-4-1-5-11-24/h1-15,23,27-30,33-34,47-48H,16-22,38H2,(H,41,46)(H,39,42,43)/t27?,29-,30+,33+,34-/m0/s1. The van der Waals surface area contributed by atoms with E-state index in [1.807, 2.05) is 71.3 Å².